The van der Waals surface area contributed by atoms with Crippen molar-refractivity contribution in [1.82, 2.24) is 0 Å². The van der Waals surface area contributed by atoms with Crippen LogP contribution in [0.1, 0.15) is 5.56 Å². The van der Waals surface area contributed by atoms with Gasteiger partial charge in [0.15, 0.2) is 0 Å². The van der Waals surface area contributed by atoms with E-state index in [2.05, 4.69) is 12.6 Å². The second-order valence-corrected chi connectivity index (χ2v) is 4.25. The van der Waals surface area contributed by atoms with Crippen molar-refractivity contribution in [3.63, 3.8) is 0 Å². The number of methoxy groups -OCH3 is 1. The predicted molar refractivity (Wildman–Crippen MR) is 49.2 cm³/mol. The van der Waals surface area contributed by atoms with Crippen molar-refractivity contribution in [2.45, 2.75) is 0 Å². The molecule has 0 saturated heterocycles. The van der Waals surface area contributed by atoms with Crippen molar-refractivity contribution >= 4 is 26.1 Å². The molecule has 0 unspecified atom stereocenters. The summed E-state index contributed by atoms with van der Waals surface area (Å²) in [5.41, 5.74) is 1.19. The first-order valence-corrected chi connectivity index (χ1v) is 4.97. The first kappa shape index (κ1) is 8.65. The quantitative estimate of drug-likeness (QED) is 0.727. The molecule has 0 N–H and O–H groups in total. The summed E-state index contributed by atoms with van der Waals surface area (Å²) in [4.78, 5) is 0. The Bertz CT molecular complexity index is 268. The number of hydrogen-bond donors (Lipinski definition) is 0. The predicted octanol–water partition coefficient (Wildman–Crippen LogP) is 1.57. The van der Waals surface area contributed by atoms with E-state index in [1.807, 2.05) is 18.2 Å². The molecule has 1 aromatic carbocycles. The molecular weight excluding hydrogens is 243 g/mol. The van der Waals surface area contributed by atoms with Gasteiger partial charge >= 0.3 is 80.1 Å². The summed E-state index contributed by atoms with van der Waals surface area (Å²) in [5.74, 6) is 0.901. The third-order valence-corrected chi connectivity index (χ3v) is 2.39. The Morgan fingerprint density at radius 1 is 1.55 bits per heavy atom. The molecule has 0 heterocycles. The summed E-state index contributed by atoms with van der Waals surface area (Å²) in [6.45, 7) is 3.90. The van der Waals surface area contributed by atoms with Gasteiger partial charge in [-0.15, -0.1) is 0 Å². The van der Waals surface area contributed by atoms with Crippen LogP contribution in [0.15, 0.2) is 30.8 Å². The second kappa shape index (κ2) is 3.81. The van der Waals surface area contributed by atoms with Gasteiger partial charge in [0.25, 0.3) is 0 Å². The fraction of sp³-hybridized carbons (Fsp3) is 0.111. The molecule has 0 fully saturated rings. The van der Waals surface area contributed by atoms with E-state index in [1.165, 1.54) is 9.15 Å². The molecule has 0 bridgehead atoms. The molecule has 2 radical (unpaired) electrons. The minimum absolute atomic E-state index is 0.901. The van der Waals surface area contributed by atoms with Crippen LogP contribution in [-0.4, -0.2) is 29.6 Å². The Labute approximate surface area is 80.2 Å². The van der Waals surface area contributed by atoms with Gasteiger partial charge in [0.2, 0.25) is 0 Å². The first-order valence-electron chi connectivity index (χ1n) is 3.33. The zero-order valence-corrected chi connectivity index (χ0v) is 9.80. The standard InChI is InChI=1S/C9H9O.Sn.H/c1-3-8-5-4-6-9(7-8)10-2;;/h4-7H,1H2,2H3;;. The monoisotopic (exact) mass is 254 g/mol. The Balaban J connectivity index is 3.01. The van der Waals surface area contributed by atoms with Gasteiger partial charge in [-0.05, 0) is 0 Å². The maximum absolute atomic E-state index is 5.08. The third-order valence-electron chi connectivity index (χ3n) is 1.44. The van der Waals surface area contributed by atoms with Crippen LogP contribution in [0.4, 0.5) is 0 Å². The van der Waals surface area contributed by atoms with Crippen molar-refractivity contribution in [2.75, 3.05) is 7.11 Å². The Hall–Kier alpha value is -0.441. The molecule has 0 aliphatic heterocycles. The third kappa shape index (κ3) is 2.26. The molecule has 0 aliphatic carbocycles. The van der Waals surface area contributed by atoms with E-state index < -0.39 is 0 Å². The molecule has 11 heavy (non-hydrogen) atoms. The van der Waals surface area contributed by atoms with Crippen LogP contribution >= 0.6 is 0 Å². The number of hydrogen-bond acceptors (Lipinski definition) is 1. The maximum atomic E-state index is 5.08. The average Bonchev–Trinajstić information content (AvgIpc) is 2.05. The van der Waals surface area contributed by atoms with Crippen molar-refractivity contribution < 1.29 is 4.74 Å². The molecule has 56 valence electrons. The molecule has 0 spiro atoms. The first-order chi connectivity index (χ1) is 5.24. The molecule has 0 atom stereocenters. The SMILES string of the molecule is C=[C]([SnH])c1cccc(OC)c1. The fourth-order valence-electron chi connectivity index (χ4n) is 0.823. The van der Waals surface area contributed by atoms with Gasteiger partial charge in [-0.3, -0.25) is 0 Å². The van der Waals surface area contributed by atoms with Gasteiger partial charge in [0, 0.05) is 0 Å². The summed E-state index contributed by atoms with van der Waals surface area (Å²) in [6.07, 6.45) is 0. The zero-order chi connectivity index (χ0) is 8.27. The number of rotatable bonds is 2. The summed E-state index contributed by atoms with van der Waals surface area (Å²) in [7, 11) is 1.67. The topological polar surface area (TPSA) is 9.23 Å². The van der Waals surface area contributed by atoms with E-state index in [0.717, 1.165) is 28.3 Å². The molecule has 1 aromatic rings. The van der Waals surface area contributed by atoms with E-state index in [9.17, 15) is 0 Å². The van der Waals surface area contributed by atoms with Crippen molar-refractivity contribution in [1.29, 1.82) is 0 Å². The van der Waals surface area contributed by atoms with E-state index in [4.69, 9.17) is 4.74 Å². The van der Waals surface area contributed by atoms with Crippen LogP contribution in [0, 0.1) is 0 Å². The van der Waals surface area contributed by atoms with Crippen LogP contribution in [0.2, 0.25) is 0 Å². The fourth-order valence-corrected chi connectivity index (χ4v) is 1.34. The van der Waals surface area contributed by atoms with Gasteiger partial charge in [-0.2, -0.15) is 0 Å². The van der Waals surface area contributed by atoms with Crippen molar-refractivity contribution in [3.8, 4) is 5.75 Å². The minimum atomic E-state index is 0.901. The van der Waals surface area contributed by atoms with Crippen molar-refractivity contribution in [3.05, 3.63) is 36.4 Å². The van der Waals surface area contributed by atoms with E-state index in [0.29, 0.717) is 0 Å². The second-order valence-electron chi connectivity index (χ2n) is 2.26. The van der Waals surface area contributed by atoms with Gasteiger partial charge in [0.05, 0.1) is 0 Å². The normalized spacial score (nSPS) is 9.27. The summed E-state index contributed by atoms with van der Waals surface area (Å²) >= 11 is 1.07. The molecule has 0 aliphatic rings. The molecule has 0 amide bonds. The van der Waals surface area contributed by atoms with Crippen LogP contribution in [0.25, 0.3) is 3.59 Å². The van der Waals surface area contributed by atoms with Crippen molar-refractivity contribution in [2.24, 2.45) is 0 Å². The molecule has 1 nitrogen and oxygen atoms in total. The van der Waals surface area contributed by atoms with Gasteiger partial charge in [-0.1, -0.05) is 0 Å². The summed E-state index contributed by atoms with van der Waals surface area (Å²) < 4.78 is 6.27. The molecular formula is C9H10OSn. The van der Waals surface area contributed by atoms with Gasteiger partial charge < -0.3 is 0 Å². The van der Waals surface area contributed by atoms with Gasteiger partial charge in [0.1, 0.15) is 0 Å². The van der Waals surface area contributed by atoms with Crippen LogP contribution < -0.4 is 4.74 Å². The summed E-state index contributed by atoms with van der Waals surface area (Å²) in [6, 6.07) is 7.98. The average molecular weight is 253 g/mol. The van der Waals surface area contributed by atoms with Crippen LogP contribution in [0.5, 0.6) is 5.75 Å². The Kier molecular flexibility index (Phi) is 3.00. The number of benzene rings is 1. The molecule has 1 rings (SSSR count). The van der Waals surface area contributed by atoms with E-state index in [-0.39, 0.29) is 0 Å². The number of ether oxygens (including phenoxy) is 1. The Morgan fingerprint density at radius 2 is 2.27 bits per heavy atom. The van der Waals surface area contributed by atoms with E-state index >= 15 is 0 Å². The molecule has 0 saturated carbocycles. The Morgan fingerprint density at radius 3 is 2.82 bits per heavy atom. The zero-order valence-electron chi connectivity index (χ0n) is 6.50. The summed E-state index contributed by atoms with van der Waals surface area (Å²) in [5, 5.41) is 0. The van der Waals surface area contributed by atoms with Gasteiger partial charge in [-0.25, -0.2) is 0 Å². The van der Waals surface area contributed by atoms with Crippen LogP contribution in [0.3, 0.4) is 0 Å². The molecule has 2 heteroatoms. The van der Waals surface area contributed by atoms with Crippen LogP contribution in [-0.2, 0) is 0 Å². The molecule has 0 aromatic heterocycles. The van der Waals surface area contributed by atoms with E-state index in [1.54, 1.807) is 7.11 Å².